The number of nitrogens with two attached hydrogens (primary N) is 1. The lowest BCUT2D eigenvalue weighted by atomic mass is 10.1. The van der Waals surface area contributed by atoms with Crippen molar-refractivity contribution >= 4 is 22.6 Å². The van der Waals surface area contributed by atoms with Crippen LogP contribution >= 0.6 is 11.8 Å². The van der Waals surface area contributed by atoms with Gasteiger partial charge in [0.25, 0.3) is 0 Å². The third-order valence-electron chi connectivity index (χ3n) is 2.77. The monoisotopic (exact) mass is 235 g/mol. The number of nitrogens with one attached hydrogen (secondary N) is 2. The topological polar surface area (TPSA) is 61.9 Å². The molecule has 0 atom stereocenters. The highest BCUT2D eigenvalue weighted by atomic mass is 32.2. The predicted octanol–water partition coefficient (Wildman–Crippen LogP) is 2.73. The largest absolute Gasteiger partial charge is 0.335 e. The van der Waals surface area contributed by atoms with Crippen LogP contribution in [0.4, 0.5) is 5.69 Å². The minimum atomic E-state index is -0.0994. The van der Waals surface area contributed by atoms with Gasteiger partial charge in [-0.3, -0.25) is 5.41 Å². The average Bonchev–Trinajstić information content (AvgIpc) is 2.99. The molecule has 3 nitrogen and oxygen atoms in total. The molecule has 0 aliphatic heterocycles. The van der Waals surface area contributed by atoms with Crippen LogP contribution in [0.1, 0.15) is 25.3 Å². The molecule has 4 heteroatoms. The molecule has 1 fully saturated rings. The van der Waals surface area contributed by atoms with Gasteiger partial charge in [0.1, 0.15) is 0 Å². The summed E-state index contributed by atoms with van der Waals surface area (Å²) in [5, 5.41) is 11.3. The minimum Gasteiger partial charge on any atom is -0.335 e. The van der Waals surface area contributed by atoms with Crippen LogP contribution in [0.5, 0.6) is 0 Å². The number of thioether (sulfide) groups is 1. The van der Waals surface area contributed by atoms with Crippen LogP contribution in [0.25, 0.3) is 0 Å². The molecule has 0 aromatic heterocycles. The van der Waals surface area contributed by atoms with Gasteiger partial charge in [0, 0.05) is 11.2 Å². The summed E-state index contributed by atoms with van der Waals surface area (Å²) < 4.78 is 0. The van der Waals surface area contributed by atoms with E-state index in [-0.39, 0.29) is 5.54 Å². The lowest BCUT2D eigenvalue weighted by Gasteiger charge is -2.12. The summed E-state index contributed by atoms with van der Waals surface area (Å²) in [6.07, 6.45) is 2.13. The van der Waals surface area contributed by atoms with E-state index in [0.29, 0.717) is 5.17 Å². The molecule has 16 heavy (non-hydrogen) atoms. The maximum Gasteiger partial charge on any atom is 0.158 e. The molecular formula is C12H17N3S. The number of anilines is 1. The Balaban J connectivity index is 2.07. The molecule has 1 aromatic carbocycles. The van der Waals surface area contributed by atoms with Crippen molar-refractivity contribution in [3.63, 3.8) is 0 Å². The molecule has 0 unspecified atom stereocenters. The van der Waals surface area contributed by atoms with Crippen molar-refractivity contribution < 1.29 is 0 Å². The van der Waals surface area contributed by atoms with Crippen LogP contribution in [-0.2, 0) is 5.54 Å². The Morgan fingerprint density at radius 3 is 2.94 bits per heavy atom. The molecule has 0 bridgehead atoms. The summed E-state index contributed by atoms with van der Waals surface area (Å²) in [4.78, 5) is 0. The zero-order chi connectivity index (χ0) is 11.6. The highest BCUT2D eigenvalue weighted by Gasteiger charge is 2.39. The van der Waals surface area contributed by atoms with E-state index in [1.54, 1.807) is 0 Å². The summed E-state index contributed by atoms with van der Waals surface area (Å²) in [7, 11) is 0. The number of hydrogen-bond donors (Lipinski definition) is 3. The lowest BCUT2D eigenvalue weighted by molar-refractivity contribution is 0.740. The van der Waals surface area contributed by atoms with Gasteiger partial charge in [-0.15, -0.1) is 0 Å². The minimum absolute atomic E-state index is 0.0994. The van der Waals surface area contributed by atoms with E-state index in [0.717, 1.165) is 24.3 Å². The van der Waals surface area contributed by atoms with Gasteiger partial charge in [0.2, 0.25) is 0 Å². The van der Waals surface area contributed by atoms with E-state index < -0.39 is 0 Å². The fourth-order valence-electron chi connectivity index (χ4n) is 1.64. The average molecular weight is 235 g/mol. The zero-order valence-corrected chi connectivity index (χ0v) is 10.2. The van der Waals surface area contributed by atoms with Crippen molar-refractivity contribution in [1.82, 2.24) is 0 Å². The van der Waals surface area contributed by atoms with E-state index in [4.69, 9.17) is 11.1 Å². The molecule has 0 saturated heterocycles. The van der Waals surface area contributed by atoms with E-state index in [9.17, 15) is 0 Å². The van der Waals surface area contributed by atoms with Gasteiger partial charge in [-0.2, -0.15) is 0 Å². The van der Waals surface area contributed by atoms with Crippen LogP contribution in [0.15, 0.2) is 24.3 Å². The first-order valence-corrected chi connectivity index (χ1v) is 6.50. The van der Waals surface area contributed by atoms with E-state index in [2.05, 4.69) is 17.4 Å². The first-order chi connectivity index (χ1) is 7.64. The Hall–Kier alpha value is -1.00. The summed E-state index contributed by atoms with van der Waals surface area (Å²) >= 11 is 1.50. The second-order valence-corrected chi connectivity index (χ2v) is 5.40. The van der Waals surface area contributed by atoms with Crippen molar-refractivity contribution in [3.05, 3.63) is 29.8 Å². The SMILES string of the molecule is CCSC(=N)Nc1cccc(C2(N)CC2)c1. The number of amidine groups is 1. The molecule has 2 rings (SSSR count). The lowest BCUT2D eigenvalue weighted by Crippen LogP contribution is -2.19. The first kappa shape index (κ1) is 11.5. The molecule has 0 heterocycles. The Labute approximate surface area is 100 Å². The highest BCUT2D eigenvalue weighted by Crippen LogP contribution is 2.43. The molecule has 1 aliphatic rings. The van der Waals surface area contributed by atoms with Crippen LogP contribution in [0.3, 0.4) is 0 Å². The van der Waals surface area contributed by atoms with Gasteiger partial charge in [-0.05, 0) is 36.3 Å². The molecule has 0 amide bonds. The number of rotatable bonds is 3. The molecule has 1 saturated carbocycles. The quantitative estimate of drug-likeness (QED) is 0.557. The van der Waals surface area contributed by atoms with Gasteiger partial charge >= 0.3 is 0 Å². The number of benzene rings is 1. The van der Waals surface area contributed by atoms with Gasteiger partial charge in [0.05, 0.1) is 0 Å². The molecule has 0 spiro atoms. The van der Waals surface area contributed by atoms with Crippen molar-refractivity contribution in [2.45, 2.75) is 25.3 Å². The van der Waals surface area contributed by atoms with Gasteiger partial charge in [0.15, 0.2) is 5.17 Å². The Morgan fingerprint density at radius 2 is 2.31 bits per heavy atom. The van der Waals surface area contributed by atoms with Crippen molar-refractivity contribution in [2.24, 2.45) is 5.73 Å². The molecule has 4 N–H and O–H groups in total. The van der Waals surface area contributed by atoms with E-state index in [1.165, 1.54) is 17.3 Å². The van der Waals surface area contributed by atoms with Crippen LogP contribution < -0.4 is 11.1 Å². The zero-order valence-electron chi connectivity index (χ0n) is 9.42. The van der Waals surface area contributed by atoms with Crippen molar-refractivity contribution in [1.29, 1.82) is 5.41 Å². The highest BCUT2D eigenvalue weighted by molar-refractivity contribution is 8.14. The summed E-state index contributed by atoms with van der Waals surface area (Å²) in [5.41, 5.74) is 8.17. The molecule has 1 aliphatic carbocycles. The van der Waals surface area contributed by atoms with Crippen LogP contribution in [0.2, 0.25) is 0 Å². The smallest absolute Gasteiger partial charge is 0.158 e. The fraction of sp³-hybridized carbons (Fsp3) is 0.417. The third kappa shape index (κ3) is 2.57. The molecule has 0 radical (unpaired) electrons. The summed E-state index contributed by atoms with van der Waals surface area (Å²) in [5.74, 6) is 0.909. The Morgan fingerprint density at radius 1 is 1.56 bits per heavy atom. The van der Waals surface area contributed by atoms with E-state index >= 15 is 0 Å². The second kappa shape index (κ2) is 4.47. The number of hydrogen-bond acceptors (Lipinski definition) is 3. The Kier molecular flexibility index (Phi) is 3.21. The van der Waals surface area contributed by atoms with Gasteiger partial charge in [-0.1, -0.05) is 30.8 Å². The molecular weight excluding hydrogens is 218 g/mol. The summed E-state index contributed by atoms with van der Waals surface area (Å²) in [6.45, 7) is 2.04. The van der Waals surface area contributed by atoms with Gasteiger partial charge in [-0.25, -0.2) is 0 Å². The Bertz CT molecular complexity index is 399. The maximum absolute atomic E-state index is 7.69. The van der Waals surface area contributed by atoms with E-state index in [1.807, 2.05) is 19.1 Å². The molecule has 86 valence electrons. The second-order valence-electron chi connectivity index (χ2n) is 4.12. The predicted molar refractivity (Wildman–Crippen MR) is 71.0 cm³/mol. The van der Waals surface area contributed by atoms with Gasteiger partial charge < -0.3 is 11.1 Å². The molecule has 1 aromatic rings. The van der Waals surface area contributed by atoms with Crippen molar-refractivity contribution in [3.8, 4) is 0 Å². The fourth-order valence-corrected chi connectivity index (χ4v) is 2.12. The van der Waals surface area contributed by atoms with Crippen LogP contribution in [-0.4, -0.2) is 10.9 Å². The van der Waals surface area contributed by atoms with Crippen LogP contribution in [0, 0.1) is 5.41 Å². The first-order valence-electron chi connectivity index (χ1n) is 5.52. The third-order valence-corrected chi connectivity index (χ3v) is 3.45. The normalized spacial score (nSPS) is 16.9. The summed E-state index contributed by atoms with van der Waals surface area (Å²) in [6, 6.07) is 8.08. The standard InChI is InChI=1S/C12H17N3S/c1-2-16-11(13)15-10-5-3-4-9(8-10)12(14)6-7-12/h3-5,8H,2,6-7,14H2,1H3,(H2,13,15). The van der Waals surface area contributed by atoms with Crippen molar-refractivity contribution in [2.75, 3.05) is 11.1 Å². The maximum atomic E-state index is 7.69.